The van der Waals surface area contributed by atoms with Crippen LogP contribution in [0.5, 0.6) is 0 Å². The molecule has 0 saturated heterocycles. The Labute approximate surface area is 82.1 Å². The van der Waals surface area contributed by atoms with Crippen LogP contribution >= 0.6 is 0 Å². The number of hydrogen-bond acceptors (Lipinski definition) is 2. The van der Waals surface area contributed by atoms with Crippen LogP contribution in [0.3, 0.4) is 0 Å². The number of hydrogen-bond donors (Lipinski definition) is 1. The predicted octanol–water partition coefficient (Wildman–Crippen LogP) is 1.66. The number of ether oxygens (including phenoxy) is 1. The summed E-state index contributed by atoms with van der Waals surface area (Å²) in [5, 5.41) is 3.36. The van der Waals surface area contributed by atoms with E-state index < -0.39 is 0 Å². The van der Waals surface area contributed by atoms with Crippen molar-refractivity contribution in [1.29, 1.82) is 0 Å². The second kappa shape index (κ2) is 8.10. The Morgan fingerprint density at radius 2 is 2.08 bits per heavy atom. The smallest absolute Gasteiger partial charge is 0.0622 e. The second-order valence-electron chi connectivity index (χ2n) is 3.32. The minimum atomic E-state index is 0.417. The predicted molar refractivity (Wildman–Crippen MR) is 56.6 cm³/mol. The Morgan fingerprint density at radius 1 is 1.38 bits per heavy atom. The van der Waals surface area contributed by atoms with E-state index in [0.29, 0.717) is 12.0 Å². The molecular weight excluding hydrogens is 162 g/mol. The summed E-state index contributed by atoms with van der Waals surface area (Å²) in [6, 6.07) is 0.417. The van der Waals surface area contributed by atoms with Gasteiger partial charge in [-0.15, -0.1) is 5.92 Å². The minimum Gasteiger partial charge on any atom is -0.380 e. The molecule has 0 bridgehead atoms. The summed E-state index contributed by atoms with van der Waals surface area (Å²) in [5.41, 5.74) is 0. The summed E-state index contributed by atoms with van der Waals surface area (Å²) in [7, 11) is 0. The summed E-state index contributed by atoms with van der Waals surface area (Å²) in [6.07, 6.45) is 0. The van der Waals surface area contributed by atoms with E-state index >= 15 is 0 Å². The largest absolute Gasteiger partial charge is 0.380 e. The molecule has 0 aromatic carbocycles. The fourth-order valence-corrected chi connectivity index (χ4v) is 1.00. The summed E-state index contributed by atoms with van der Waals surface area (Å²) in [6.45, 7) is 10.6. The van der Waals surface area contributed by atoms with Crippen LogP contribution in [-0.2, 0) is 4.74 Å². The first-order chi connectivity index (χ1) is 6.22. The van der Waals surface area contributed by atoms with E-state index in [4.69, 9.17) is 4.74 Å². The zero-order chi connectivity index (χ0) is 10.1. The van der Waals surface area contributed by atoms with Gasteiger partial charge in [-0.05, 0) is 19.8 Å². The maximum absolute atomic E-state index is 5.38. The van der Waals surface area contributed by atoms with Crippen molar-refractivity contribution in [3.05, 3.63) is 0 Å². The lowest BCUT2D eigenvalue weighted by Gasteiger charge is -2.20. The van der Waals surface area contributed by atoms with Gasteiger partial charge in [0.1, 0.15) is 0 Å². The Morgan fingerprint density at radius 3 is 2.54 bits per heavy atom. The molecule has 0 aliphatic heterocycles. The molecule has 2 nitrogen and oxygen atoms in total. The van der Waals surface area contributed by atoms with Gasteiger partial charge in [-0.2, -0.15) is 0 Å². The lowest BCUT2D eigenvalue weighted by atomic mass is 10.1. The van der Waals surface area contributed by atoms with Crippen molar-refractivity contribution in [1.82, 2.24) is 5.32 Å². The third-order valence-electron chi connectivity index (χ3n) is 1.94. The minimum absolute atomic E-state index is 0.417. The van der Waals surface area contributed by atoms with Crippen LogP contribution in [0.2, 0.25) is 0 Å². The zero-order valence-corrected chi connectivity index (χ0v) is 9.18. The zero-order valence-electron chi connectivity index (χ0n) is 9.18. The van der Waals surface area contributed by atoms with E-state index in [1.54, 1.807) is 0 Å². The van der Waals surface area contributed by atoms with Gasteiger partial charge in [0.05, 0.1) is 13.2 Å². The molecule has 76 valence electrons. The molecule has 0 aromatic heterocycles. The first kappa shape index (κ1) is 12.5. The highest BCUT2D eigenvalue weighted by Gasteiger charge is 2.11. The molecule has 1 atom stereocenters. The van der Waals surface area contributed by atoms with E-state index in [0.717, 1.165) is 19.8 Å². The third-order valence-corrected chi connectivity index (χ3v) is 1.94. The summed E-state index contributed by atoms with van der Waals surface area (Å²) in [5.74, 6) is 6.45. The summed E-state index contributed by atoms with van der Waals surface area (Å²) >= 11 is 0. The molecule has 1 unspecified atom stereocenters. The number of rotatable bonds is 6. The quantitative estimate of drug-likeness (QED) is 0.632. The number of nitrogens with one attached hydrogen (secondary N) is 1. The molecule has 0 aliphatic rings. The van der Waals surface area contributed by atoms with Crippen LogP contribution in [0.25, 0.3) is 0 Å². The molecule has 0 saturated carbocycles. The van der Waals surface area contributed by atoms with Crippen molar-refractivity contribution in [3.8, 4) is 11.8 Å². The monoisotopic (exact) mass is 183 g/mol. The van der Waals surface area contributed by atoms with Gasteiger partial charge in [0.15, 0.2) is 0 Å². The van der Waals surface area contributed by atoms with Crippen LogP contribution in [0.4, 0.5) is 0 Å². The molecule has 0 spiro atoms. The first-order valence-corrected chi connectivity index (χ1v) is 4.93. The molecule has 0 rings (SSSR count). The Kier molecular flexibility index (Phi) is 7.77. The highest BCUT2D eigenvalue weighted by atomic mass is 16.5. The van der Waals surface area contributed by atoms with Crippen LogP contribution in [0.15, 0.2) is 0 Å². The fraction of sp³-hybridized carbons (Fsp3) is 0.818. The van der Waals surface area contributed by atoms with Crippen molar-refractivity contribution in [2.24, 2.45) is 5.92 Å². The molecule has 0 fully saturated rings. The van der Waals surface area contributed by atoms with E-state index in [-0.39, 0.29) is 0 Å². The van der Waals surface area contributed by atoms with Gasteiger partial charge >= 0.3 is 0 Å². The van der Waals surface area contributed by atoms with Gasteiger partial charge in [-0.1, -0.05) is 19.8 Å². The van der Waals surface area contributed by atoms with Gasteiger partial charge in [0.25, 0.3) is 0 Å². The van der Waals surface area contributed by atoms with Crippen LogP contribution in [-0.4, -0.2) is 25.8 Å². The van der Waals surface area contributed by atoms with E-state index in [1.807, 2.05) is 13.8 Å². The fourth-order valence-electron chi connectivity index (χ4n) is 1.00. The summed E-state index contributed by atoms with van der Waals surface area (Å²) in [4.78, 5) is 0. The van der Waals surface area contributed by atoms with Crippen LogP contribution in [0.1, 0.15) is 27.7 Å². The molecule has 0 aromatic rings. The third kappa shape index (κ3) is 6.62. The normalized spacial score (nSPS) is 12.4. The standard InChI is InChI=1S/C11H21NO/c1-5-7-8-12-11(10(3)4)9-13-6-2/h10-12H,6,8-9H2,1-4H3. The average Bonchev–Trinajstić information content (AvgIpc) is 2.10. The average molecular weight is 183 g/mol. The lowest BCUT2D eigenvalue weighted by Crippen LogP contribution is -2.38. The van der Waals surface area contributed by atoms with E-state index in [9.17, 15) is 0 Å². The Balaban J connectivity index is 3.71. The molecule has 2 heteroatoms. The molecule has 0 heterocycles. The Hall–Kier alpha value is -0.520. The molecule has 0 amide bonds. The van der Waals surface area contributed by atoms with Crippen molar-refractivity contribution in [3.63, 3.8) is 0 Å². The van der Waals surface area contributed by atoms with E-state index in [2.05, 4.69) is 31.0 Å². The topological polar surface area (TPSA) is 21.3 Å². The summed E-state index contributed by atoms with van der Waals surface area (Å²) < 4.78 is 5.38. The van der Waals surface area contributed by atoms with Gasteiger partial charge in [0.2, 0.25) is 0 Å². The van der Waals surface area contributed by atoms with Gasteiger partial charge < -0.3 is 10.1 Å². The first-order valence-electron chi connectivity index (χ1n) is 4.93. The van der Waals surface area contributed by atoms with Crippen LogP contribution < -0.4 is 5.32 Å². The maximum atomic E-state index is 5.38. The SMILES string of the molecule is CC#CCNC(COCC)C(C)C. The molecule has 1 N–H and O–H groups in total. The van der Waals surface area contributed by atoms with Crippen LogP contribution in [0, 0.1) is 17.8 Å². The van der Waals surface area contributed by atoms with Gasteiger partial charge in [0, 0.05) is 12.6 Å². The molecule has 0 aliphatic carbocycles. The highest BCUT2D eigenvalue weighted by Crippen LogP contribution is 2.01. The molecular formula is C11H21NO. The van der Waals surface area contributed by atoms with E-state index in [1.165, 1.54) is 0 Å². The van der Waals surface area contributed by atoms with Gasteiger partial charge in [-0.25, -0.2) is 0 Å². The van der Waals surface area contributed by atoms with Crippen molar-refractivity contribution in [2.45, 2.75) is 33.7 Å². The van der Waals surface area contributed by atoms with Crippen molar-refractivity contribution in [2.75, 3.05) is 19.8 Å². The lowest BCUT2D eigenvalue weighted by molar-refractivity contribution is 0.110. The molecule has 0 radical (unpaired) electrons. The Bertz CT molecular complexity index is 167. The highest BCUT2D eigenvalue weighted by molar-refractivity contribution is 4.97. The van der Waals surface area contributed by atoms with Crippen molar-refractivity contribution < 1.29 is 4.74 Å². The van der Waals surface area contributed by atoms with Gasteiger partial charge in [-0.3, -0.25) is 0 Å². The second-order valence-corrected chi connectivity index (χ2v) is 3.32. The molecule has 13 heavy (non-hydrogen) atoms. The maximum Gasteiger partial charge on any atom is 0.0622 e. The van der Waals surface area contributed by atoms with Crippen molar-refractivity contribution >= 4 is 0 Å².